The van der Waals surface area contributed by atoms with E-state index >= 15 is 0 Å². The highest BCUT2D eigenvalue weighted by Gasteiger charge is 2.02. The molecule has 2 N–H and O–H groups in total. The SMILES string of the molecule is CSCCOc1cc(C)c(N)cc1C. The Morgan fingerprint density at radius 1 is 1.29 bits per heavy atom. The summed E-state index contributed by atoms with van der Waals surface area (Å²) in [6.07, 6.45) is 2.07. The second kappa shape index (κ2) is 5.15. The van der Waals surface area contributed by atoms with E-state index in [0.717, 1.165) is 34.9 Å². The van der Waals surface area contributed by atoms with Crippen LogP contribution < -0.4 is 10.5 Å². The zero-order valence-corrected chi connectivity index (χ0v) is 9.78. The normalized spacial score (nSPS) is 10.2. The van der Waals surface area contributed by atoms with Gasteiger partial charge in [0.25, 0.3) is 0 Å². The summed E-state index contributed by atoms with van der Waals surface area (Å²) < 4.78 is 5.64. The average molecular weight is 211 g/mol. The molecule has 0 amide bonds. The van der Waals surface area contributed by atoms with Crippen LogP contribution in [0.5, 0.6) is 5.75 Å². The van der Waals surface area contributed by atoms with Crippen LogP contribution in [0, 0.1) is 13.8 Å². The average Bonchev–Trinajstić information content (AvgIpc) is 2.14. The third kappa shape index (κ3) is 2.84. The molecule has 0 fully saturated rings. The molecule has 2 nitrogen and oxygen atoms in total. The van der Waals surface area contributed by atoms with Crippen LogP contribution in [-0.2, 0) is 0 Å². The Balaban J connectivity index is 2.72. The van der Waals surface area contributed by atoms with E-state index in [1.54, 1.807) is 11.8 Å². The summed E-state index contributed by atoms with van der Waals surface area (Å²) >= 11 is 1.78. The molecule has 14 heavy (non-hydrogen) atoms. The van der Waals surface area contributed by atoms with Gasteiger partial charge in [-0.05, 0) is 43.4 Å². The molecule has 0 bridgehead atoms. The summed E-state index contributed by atoms with van der Waals surface area (Å²) in [5.74, 6) is 1.97. The Morgan fingerprint density at radius 2 is 2.00 bits per heavy atom. The van der Waals surface area contributed by atoms with Gasteiger partial charge in [-0.15, -0.1) is 0 Å². The van der Waals surface area contributed by atoms with Crippen LogP contribution in [0.3, 0.4) is 0 Å². The Kier molecular flexibility index (Phi) is 4.14. The lowest BCUT2D eigenvalue weighted by atomic mass is 10.1. The van der Waals surface area contributed by atoms with E-state index in [4.69, 9.17) is 10.5 Å². The maximum absolute atomic E-state index is 5.78. The molecule has 1 aromatic rings. The molecule has 0 heterocycles. The monoisotopic (exact) mass is 211 g/mol. The molecule has 0 aromatic heterocycles. The molecule has 1 rings (SSSR count). The largest absolute Gasteiger partial charge is 0.492 e. The van der Waals surface area contributed by atoms with Crippen LogP contribution in [0.4, 0.5) is 5.69 Å². The predicted molar refractivity (Wildman–Crippen MR) is 64.2 cm³/mol. The molecular weight excluding hydrogens is 194 g/mol. The number of thioether (sulfide) groups is 1. The molecule has 0 saturated heterocycles. The number of hydrogen-bond acceptors (Lipinski definition) is 3. The van der Waals surface area contributed by atoms with Gasteiger partial charge in [0.1, 0.15) is 5.75 Å². The van der Waals surface area contributed by atoms with Gasteiger partial charge < -0.3 is 10.5 Å². The van der Waals surface area contributed by atoms with Crippen LogP contribution in [0.1, 0.15) is 11.1 Å². The van der Waals surface area contributed by atoms with Crippen molar-refractivity contribution < 1.29 is 4.74 Å². The number of nitrogens with two attached hydrogens (primary N) is 1. The summed E-state index contributed by atoms with van der Waals surface area (Å²) in [6.45, 7) is 4.77. The second-order valence-corrected chi connectivity index (χ2v) is 4.30. The fraction of sp³-hybridized carbons (Fsp3) is 0.455. The zero-order chi connectivity index (χ0) is 10.6. The highest BCUT2D eigenvalue weighted by Crippen LogP contribution is 2.24. The van der Waals surface area contributed by atoms with Gasteiger partial charge >= 0.3 is 0 Å². The van der Waals surface area contributed by atoms with Crippen molar-refractivity contribution >= 4 is 17.4 Å². The van der Waals surface area contributed by atoms with E-state index in [2.05, 4.69) is 6.26 Å². The molecule has 0 aliphatic carbocycles. The van der Waals surface area contributed by atoms with Crippen LogP contribution in [0.2, 0.25) is 0 Å². The van der Waals surface area contributed by atoms with Gasteiger partial charge in [0, 0.05) is 11.4 Å². The lowest BCUT2D eigenvalue weighted by Crippen LogP contribution is -2.02. The molecule has 0 saturated carbocycles. The van der Waals surface area contributed by atoms with Crippen molar-refractivity contribution in [2.45, 2.75) is 13.8 Å². The van der Waals surface area contributed by atoms with E-state index in [1.807, 2.05) is 26.0 Å². The minimum absolute atomic E-state index is 0.755. The lowest BCUT2D eigenvalue weighted by Gasteiger charge is -2.10. The number of nitrogen functional groups attached to an aromatic ring is 1. The van der Waals surface area contributed by atoms with Crippen LogP contribution in [0.15, 0.2) is 12.1 Å². The third-order valence-corrected chi connectivity index (χ3v) is 2.68. The molecule has 78 valence electrons. The third-order valence-electron chi connectivity index (χ3n) is 2.11. The van der Waals surface area contributed by atoms with E-state index in [1.165, 1.54) is 0 Å². The van der Waals surface area contributed by atoms with Gasteiger partial charge in [0.05, 0.1) is 6.61 Å². The maximum Gasteiger partial charge on any atom is 0.122 e. The standard InChI is InChI=1S/C11H17NOS/c1-8-7-11(13-4-5-14-3)9(2)6-10(8)12/h6-7H,4-5,12H2,1-3H3. The van der Waals surface area contributed by atoms with Crippen molar-refractivity contribution in [3.05, 3.63) is 23.3 Å². The quantitative estimate of drug-likeness (QED) is 0.614. The molecule has 3 heteroatoms. The number of ether oxygens (including phenoxy) is 1. The number of rotatable bonds is 4. The van der Waals surface area contributed by atoms with Crippen LogP contribution >= 0.6 is 11.8 Å². The molecule has 0 radical (unpaired) electrons. The zero-order valence-electron chi connectivity index (χ0n) is 8.96. The molecule has 1 aromatic carbocycles. The molecule has 0 atom stereocenters. The van der Waals surface area contributed by atoms with Gasteiger partial charge in [-0.2, -0.15) is 11.8 Å². The first kappa shape index (κ1) is 11.2. The Labute approximate surface area is 89.8 Å². The van der Waals surface area contributed by atoms with E-state index in [0.29, 0.717) is 0 Å². The fourth-order valence-electron chi connectivity index (χ4n) is 1.20. The Morgan fingerprint density at radius 3 is 2.64 bits per heavy atom. The lowest BCUT2D eigenvalue weighted by molar-refractivity contribution is 0.341. The van der Waals surface area contributed by atoms with Crippen LogP contribution in [-0.4, -0.2) is 18.6 Å². The van der Waals surface area contributed by atoms with Crippen molar-refractivity contribution in [1.82, 2.24) is 0 Å². The Hall–Kier alpha value is -0.830. The van der Waals surface area contributed by atoms with E-state index in [9.17, 15) is 0 Å². The first-order chi connectivity index (χ1) is 6.65. The summed E-state index contributed by atoms with van der Waals surface area (Å²) in [6, 6.07) is 3.97. The summed E-state index contributed by atoms with van der Waals surface area (Å²) in [5.41, 5.74) is 8.80. The van der Waals surface area contributed by atoms with E-state index in [-0.39, 0.29) is 0 Å². The van der Waals surface area contributed by atoms with E-state index < -0.39 is 0 Å². The molecule has 0 aliphatic rings. The first-order valence-electron chi connectivity index (χ1n) is 4.63. The van der Waals surface area contributed by atoms with Crippen molar-refractivity contribution in [3.63, 3.8) is 0 Å². The smallest absolute Gasteiger partial charge is 0.122 e. The molecular formula is C11H17NOS. The van der Waals surface area contributed by atoms with Gasteiger partial charge in [-0.3, -0.25) is 0 Å². The number of benzene rings is 1. The van der Waals surface area contributed by atoms with Gasteiger partial charge in [0.2, 0.25) is 0 Å². The van der Waals surface area contributed by atoms with Gasteiger partial charge in [-0.1, -0.05) is 0 Å². The van der Waals surface area contributed by atoms with Crippen molar-refractivity contribution in [1.29, 1.82) is 0 Å². The van der Waals surface area contributed by atoms with Crippen molar-refractivity contribution in [2.75, 3.05) is 24.3 Å². The Bertz CT molecular complexity index is 312. The van der Waals surface area contributed by atoms with Gasteiger partial charge in [-0.25, -0.2) is 0 Å². The summed E-state index contributed by atoms with van der Waals surface area (Å²) in [7, 11) is 0. The molecule has 0 spiro atoms. The highest BCUT2D eigenvalue weighted by molar-refractivity contribution is 7.98. The second-order valence-electron chi connectivity index (χ2n) is 3.32. The van der Waals surface area contributed by atoms with Crippen molar-refractivity contribution in [3.8, 4) is 5.75 Å². The number of anilines is 1. The number of hydrogen-bond donors (Lipinski definition) is 1. The topological polar surface area (TPSA) is 35.2 Å². The maximum atomic E-state index is 5.78. The summed E-state index contributed by atoms with van der Waals surface area (Å²) in [4.78, 5) is 0. The number of aryl methyl sites for hydroxylation is 2. The minimum atomic E-state index is 0.755. The highest BCUT2D eigenvalue weighted by atomic mass is 32.2. The van der Waals surface area contributed by atoms with Crippen molar-refractivity contribution in [2.24, 2.45) is 0 Å². The fourth-order valence-corrected chi connectivity index (χ4v) is 1.45. The predicted octanol–water partition coefficient (Wildman–Crippen LogP) is 2.63. The van der Waals surface area contributed by atoms with Crippen LogP contribution in [0.25, 0.3) is 0 Å². The minimum Gasteiger partial charge on any atom is -0.492 e. The summed E-state index contributed by atoms with van der Waals surface area (Å²) in [5, 5.41) is 0. The first-order valence-corrected chi connectivity index (χ1v) is 6.03. The molecule has 0 unspecified atom stereocenters. The van der Waals surface area contributed by atoms with Gasteiger partial charge in [0.15, 0.2) is 0 Å². The molecule has 0 aliphatic heterocycles.